The van der Waals surface area contributed by atoms with Gasteiger partial charge in [-0.3, -0.25) is 0 Å². The summed E-state index contributed by atoms with van der Waals surface area (Å²) in [5, 5.41) is 28.1. The van der Waals surface area contributed by atoms with Crippen LogP contribution in [0.4, 0.5) is 13.2 Å². The van der Waals surface area contributed by atoms with Crippen LogP contribution in [0.15, 0.2) is 54.6 Å². The van der Waals surface area contributed by atoms with Gasteiger partial charge in [0.05, 0.1) is 23.8 Å². The first-order valence-electron chi connectivity index (χ1n) is 13.6. The van der Waals surface area contributed by atoms with E-state index < -0.39 is 17.7 Å². The van der Waals surface area contributed by atoms with Gasteiger partial charge in [-0.1, -0.05) is 49.6 Å². The van der Waals surface area contributed by atoms with Crippen molar-refractivity contribution in [1.82, 2.24) is 4.90 Å². The van der Waals surface area contributed by atoms with Crippen LogP contribution in [0.3, 0.4) is 0 Å². The smallest absolute Gasteiger partial charge is 0.490 e. The van der Waals surface area contributed by atoms with Crippen LogP contribution in [0, 0.1) is 23.2 Å². The van der Waals surface area contributed by atoms with Gasteiger partial charge < -0.3 is 19.8 Å². The molecule has 1 atom stereocenters. The minimum Gasteiger partial charge on any atom is -0.494 e. The molecule has 1 aliphatic carbocycles. The van der Waals surface area contributed by atoms with Gasteiger partial charge in [0.2, 0.25) is 0 Å². The van der Waals surface area contributed by atoms with Crippen molar-refractivity contribution in [2.24, 2.45) is 11.8 Å². The van der Waals surface area contributed by atoms with Gasteiger partial charge in [0.15, 0.2) is 0 Å². The Morgan fingerprint density at radius 2 is 1.51 bits per heavy atom. The number of aliphatic hydroxyl groups is 1. The zero-order chi connectivity index (χ0) is 28.3. The van der Waals surface area contributed by atoms with Crippen LogP contribution in [0.2, 0.25) is 0 Å². The Bertz CT molecular complexity index is 1060. The molecule has 212 valence electrons. The van der Waals surface area contributed by atoms with Gasteiger partial charge >= 0.3 is 12.1 Å². The highest BCUT2D eigenvalue weighted by atomic mass is 19.4. The Hall–Kier alpha value is -3.09. The number of carboxylic acids is 1. The third-order valence-corrected chi connectivity index (χ3v) is 7.79. The van der Waals surface area contributed by atoms with E-state index >= 15 is 0 Å². The molecule has 2 fully saturated rings. The average molecular weight is 547 g/mol. The number of nitriles is 1. The predicted octanol–water partition coefficient (Wildman–Crippen LogP) is 6.14. The number of likely N-dealkylation sites (tertiary alicyclic amines) is 1. The maximum absolute atomic E-state index is 12.1. The Kier molecular flexibility index (Phi) is 11.2. The van der Waals surface area contributed by atoms with Crippen molar-refractivity contribution in [1.29, 1.82) is 5.26 Å². The Balaban J connectivity index is 0.000000532. The SMILES string of the molecule is N#Cc1ccc(OCCCN2CCC(C(O)(c3ccccc3)C3CCCCC3)CC2)cc1.O=C(O)C(F)(F)F. The summed E-state index contributed by atoms with van der Waals surface area (Å²) in [5.41, 5.74) is 1.09. The number of piperidine rings is 1. The van der Waals surface area contributed by atoms with Gasteiger partial charge in [-0.15, -0.1) is 0 Å². The van der Waals surface area contributed by atoms with Gasteiger partial charge in [-0.05, 0) is 86.9 Å². The van der Waals surface area contributed by atoms with Crippen LogP contribution in [-0.2, 0) is 10.4 Å². The van der Waals surface area contributed by atoms with Crippen LogP contribution in [-0.4, -0.2) is 53.5 Å². The maximum Gasteiger partial charge on any atom is 0.490 e. The first-order valence-corrected chi connectivity index (χ1v) is 13.6. The highest BCUT2D eigenvalue weighted by Crippen LogP contribution is 2.47. The molecule has 0 bridgehead atoms. The van der Waals surface area contributed by atoms with E-state index in [0.29, 0.717) is 24.0 Å². The summed E-state index contributed by atoms with van der Waals surface area (Å²) in [4.78, 5) is 11.4. The molecule has 9 heteroatoms. The van der Waals surface area contributed by atoms with E-state index in [0.717, 1.165) is 63.1 Å². The molecule has 6 nitrogen and oxygen atoms in total. The van der Waals surface area contributed by atoms with E-state index in [2.05, 4.69) is 35.2 Å². The van der Waals surface area contributed by atoms with Gasteiger partial charge in [0.25, 0.3) is 0 Å². The lowest BCUT2D eigenvalue weighted by Gasteiger charge is -2.47. The summed E-state index contributed by atoms with van der Waals surface area (Å²) in [7, 11) is 0. The second kappa shape index (κ2) is 14.3. The lowest BCUT2D eigenvalue weighted by molar-refractivity contribution is -0.192. The van der Waals surface area contributed by atoms with Crippen molar-refractivity contribution in [3.63, 3.8) is 0 Å². The first kappa shape index (κ1) is 30.5. The summed E-state index contributed by atoms with van der Waals surface area (Å²) in [6, 6.07) is 19.9. The minimum absolute atomic E-state index is 0.333. The molecule has 1 unspecified atom stereocenters. The summed E-state index contributed by atoms with van der Waals surface area (Å²) >= 11 is 0. The molecule has 0 amide bonds. The molecule has 1 heterocycles. The fourth-order valence-electron chi connectivity index (χ4n) is 5.75. The van der Waals surface area contributed by atoms with Gasteiger partial charge in [0.1, 0.15) is 5.75 Å². The van der Waals surface area contributed by atoms with Gasteiger partial charge in [-0.25, -0.2) is 4.79 Å². The second-order valence-corrected chi connectivity index (χ2v) is 10.3. The van der Waals surface area contributed by atoms with Crippen LogP contribution >= 0.6 is 0 Å². The molecule has 2 N–H and O–H groups in total. The molecular formula is C30H37F3N2O4. The van der Waals surface area contributed by atoms with Crippen molar-refractivity contribution in [3.05, 3.63) is 65.7 Å². The molecule has 4 rings (SSSR count). The number of aliphatic carboxylic acids is 1. The topological polar surface area (TPSA) is 93.8 Å². The van der Waals surface area contributed by atoms with E-state index in [9.17, 15) is 18.3 Å². The molecule has 2 aromatic rings. The number of benzene rings is 2. The molecule has 2 aromatic carbocycles. The fourth-order valence-corrected chi connectivity index (χ4v) is 5.75. The zero-order valence-electron chi connectivity index (χ0n) is 22.1. The number of hydrogen-bond acceptors (Lipinski definition) is 5. The molecular weight excluding hydrogens is 509 g/mol. The largest absolute Gasteiger partial charge is 0.494 e. The van der Waals surface area contributed by atoms with Crippen LogP contribution in [0.25, 0.3) is 0 Å². The second-order valence-electron chi connectivity index (χ2n) is 10.3. The lowest BCUT2D eigenvalue weighted by Crippen LogP contribution is -2.48. The first-order chi connectivity index (χ1) is 18.6. The van der Waals surface area contributed by atoms with Gasteiger partial charge in [-0.2, -0.15) is 18.4 Å². The van der Waals surface area contributed by atoms with E-state index in [1.165, 1.54) is 19.3 Å². The Morgan fingerprint density at radius 1 is 0.949 bits per heavy atom. The summed E-state index contributed by atoms with van der Waals surface area (Å²) in [5.74, 6) is -1.22. The zero-order valence-corrected chi connectivity index (χ0v) is 22.1. The summed E-state index contributed by atoms with van der Waals surface area (Å²) in [6.07, 6.45) is 4.11. The number of rotatable bonds is 8. The van der Waals surface area contributed by atoms with Crippen molar-refractivity contribution < 1.29 is 32.9 Å². The highest BCUT2D eigenvalue weighted by molar-refractivity contribution is 5.73. The summed E-state index contributed by atoms with van der Waals surface area (Å²) in [6.45, 7) is 3.80. The standard InChI is InChI=1S/C28H36N2O2.C2HF3O2/c29-22-23-12-14-27(15-13-23)32-21-7-18-30-19-16-26(17-20-30)28(31,24-8-3-1-4-9-24)25-10-5-2-6-11-25;3-2(4,5)1(6)7/h1,3-4,8-9,12-15,25-26,31H,2,5-7,10-11,16-21H2;(H,6,7). The molecule has 2 aliphatic rings. The van der Waals surface area contributed by atoms with Crippen LogP contribution in [0.5, 0.6) is 5.75 Å². The molecule has 1 aliphatic heterocycles. The number of alkyl halides is 3. The molecule has 0 aromatic heterocycles. The number of hydrogen-bond donors (Lipinski definition) is 2. The number of carboxylic acid groups (broad SMARTS) is 1. The van der Waals surface area contributed by atoms with Crippen molar-refractivity contribution in [3.8, 4) is 11.8 Å². The Morgan fingerprint density at radius 3 is 2.05 bits per heavy atom. The third-order valence-electron chi connectivity index (χ3n) is 7.79. The van der Waals surface area contributed by atoms with Crippen LogP contribution < -0.4 is 4.74 Å². The van der Waals surface area contributed by atoms with E-state index in [1.54, 1.807) is 12.1 Å². The number of ether oxygens (including phenoxy) is 1. The average Bonchev–Trinajstić information content (AvgIpc) is 2.96. The molecule has 1 saturated heterocycles. The summed E-state index contributed by atoms with van der Waals surface area (Å²) < 4.78 is 37.6. The molecule has 1 saturated carbocycles. The van der Waals surface area contributed by atoms with E-state index in [4.69, 9.17) is 19.9 Å². The maximum atomic E-state index is 12.1. The number of nitrogens with zero attached hydrogens (tertiary/aromatic N) is 2. The molecule has 0 spiro atoms. The van der Waals surface area contributed by atoms with Crippen LogP contribution in [0.1, 0.15) is 62.5 Å². The Labute approximate surface area is 228 Å². The molecule has 0 radical (unpaired) electrons. The quantitative estimate of drug-likeness (QED) is 0.387. The fraction of sp³-hybridized carbons (Fsp3) is 0.533. The molecule has 39 heavy (non-hydrogen) atoms. The van der Waals surface area contributed by atoms with E-state index in [1.807, 2.05) is 18.2 Å². The van der Waals surface area contributed by atoms with Gasteiger partial charge in [0, 0.05) is 6.54 Å². The number of halogens is 3. The predicted molar refractivity (Wildman–Crippen MR) is 141 cm³/mol. The van der Waals surface area contributed by atoms with Crippen molar-refractivity contribution in [2.75, 3.05) is 26.2 Å². The normalized spacial score (nSPS) is 18.7. The van der Waals surface area contributed by atoms with Crippen molar-refractivity contribution in [2.45, 2.75) is 63.1 Å². The van der Waals surface area contributed by atoms with Crippen molar-refractivity contribution >= 4 is 5.97 Å². The third kappa shape index (κ3) is 8.70. The van der Waals surface area contributed by atoms with E-state index in [-0.39, 0.29) is 0 Å². The number of carbonyl (C=O) groups is 1. The minimum atomic E-state index is -5.08. The lowest BCUT2D eigenvalue weighted by atomic mass is 9.65. The highest BCUT2D eigenvalue weighted by Gasteiger charge is 2.46. The monoisotopic (exact) mass is 546 g/mol.